The van der Waals surface area contributed by atoms with E-state index in [1.165, 1.54) is 6.07 Å². The van der Waals surface area contributed by atoms with Gasteiger partial charge in [-0.05, 0) is 37.4 Å². The van der Waals surface area contributed by atoms with E-state index in [0.717, 1.165) is 31.7 Å². The van der Waals surface area contributed by atoms with E-state index in [2.05, 4.69) is 0 Å². The predicted molar refractivity (Wildman–Crippen MR) is 74.6 cm³/mol. The van der Waals surface area contributed by atoms with E-state index in [4.69, 9.17) is 5.73 Å². The van der Waals surface area contributed by atoms with Gasteiger partial charge in [-0.2, -0.15) is 13.2 Å². The summed E-state index contributed by atoms with van der Waals surface area (Å²) in [5, 5.41) is 0. The first-order chi connectivity index (χ1) is 9.45. The second-order valence-electron chi connectivity index (χ2n) is 5.47. The number of anilines is 1. The second kappa shape index (κ2) is 6.04. The van der Waals surface area contributed by atoms with Crippen molar-refractivity contribution in [3.63, 3.8) is 0 Å². The molecule has 2 atom stereocenters. The summed E-state index contributed by atoms with van der Waals surface area (Å²) in [5.41, 5.74) is 5.47. The average Bonchev–Trinajstić information content (AvgIpc) is 2.45. The van der Waals surface area contributed by atoms with Crippen LogP contribution < -0.4 is 10.6 Å². The zero-order valence-electron chi connectivity index (χ0n) is 11.7. The van der Waals surface area contributed by atoms with Crippen molar-refractivity contribution in [3.05, 3.63) is 29.8 Å². The molecule has 2 unspecified atom stereocenters. The van der Waals surface area contributed by atoms with Crippen LogP contribution in [0, 0.1) is 5.92 Å². The fraction of sp³-hybridized carbons (Fsp3) is 0.600. The van der Waals surface area contributed by atoms with E-state index in [-0.39, 0.29) is 17.6 Å². The molecule has 0 bridgehead atoms. The molecule has 1 fully saturated rings. The number of nitrogens with zero attached hydrogens (tertiary/aromatic N) is 1. The lowest BCUT2D eigenvalue weighted by Gasteiger charge is -2.39. The quantitative estimate of drug-likeness (QED) is 0.919. The Labute approximate surface area is 117 Å². The third-order valence-electron chi connectivity index (χ3n) is 4.26. The minimum Gasteiger partial charge on any atom is -0.371 e. The van der Waals surface area contributed by atoms with Crippen LogP contribution in [-0.2, 0) is 6.18 Å². The van der Waals surface area contributed by atoms with E-state index in [1.54, 1.807) is 24.1 Å². The topological polar surface area (TPSA) is 29.3 Å². The van der Waals surface area contributed by atoms with Crippen molar-refractivity contribution in [3.8, 4) is 0 Å². The highest BCUT2D eigenvalue weighted by Gasteiger charge is 2.36. The van der Waals surface area contributed by atoms with Crippen molar-refractivity contribution in [2.24, 2.45) is 11.7 Å². The molecule has 0 aliphatic heterocycles. The van der Waals surface area contributed by atoms with Gasteiger partial charge in [0, 0.05) is 18.8 Å². The highest BCUT2D eigenvalue weighted by Crippen LogP contribution is 2.38. The van der Waals surface area contributed by atoms with Crippen molar-refractivity contribution in [2.75, 3.05) is 18.5 Å². The van der Waals surface area contributed by atoms with Crippen molar-refractivity contribution in [1.82, 2.24) is 0 Å². The molecule has 112 valence electrons. The van der Waals surface area contributed by atoms with Gasteiger partial charge in [-0.25, -0.2) is 0 Å². The summed E-state index contributed by atoms with van der Waals surface area (Å²) in [6.45, 7) is 0.531. The Bertz CT molecular complexity index is 445. The molecule has 2 N–H and O–H groups in total. The Morgan fingerprint density at radius 1 is 1.20 bits per heavy atom. The van der Waals surface area contributed by atoms with Gasteiger partial charge >= 0.3 is 6.18 Å². The molecule has 0 radical (unpaired) electrons. The number of alkyl halides is 3. The van der Waals surface area contributed by atoms with Gasteiger partial charge in [-0.1, -0.05) is 25.0 Å². The summed E-state index contributed by atoms with van der Waals surface area (Å²) in [5.74, 6) is 0.273. The molecular formula is C15H21F3N2. The van der Waals surface area contributed by atoms with Crippen LogP contribution in [0.3, 0.4) is 0 Å². The Morgan fingerprint density at radius 2 is 1.85 bits per heavy atom. The zero-order chi connectivity index (χ0) is 14.8. The van der Waals surface area contributed by atoms with Crippen LogP contribution in [-0.4, -0.2) is 19.6 Å². The highest BCUT2D eigenvalue weighted by atomic mass is 19.4. The molecule has 0 saturated heterocycles. The summed E-state index contributed by atoms with van der Waals surface area (Å²) >= 11 is 0. The third kappa shape index (κ3) is 3.08. The number of para-hydroxylation sites is 1. The van der Waals surface area contributed by atoms with Gasteiger partial charge in [-0.15, -0.1) is 0 Å². The van der Waals surface area contributed by atoms with Gasteiger partial charge in [0.2, 0.25) is 0 Å². The van der Waals surface area contributed by atoms with Gasteiger partial charge < -0.3 is 10.6 Å². The Morgan fingerprint density at radius 3 is 2.50 bits per heavy atom. The molecule has 0 heterocycles. The molecule has 2 rings (SSSR count). The summed E-state index contributed by atoms with van der Waals surface area (Å²) in [6, 6.07) is 5.87. The van der Waals surface area contributed by atoms with E-state index in [0.29, 0.717) is 6.54 Å². The first-order valence-corrected chi connectivity index (χ1v) is 7.04. The predicted octanol–water partition coefficient (Wildman–Crippen LogP) is 3.66. The molecule has 0 amide bonds. The van der Waals surface area contributed by atoms with Crippen molar-refractivity contribution < 1.29 is 13.2 Å². The van der Waals surface area contributed by atoms with Crippen LogP contribution in [0.25, 0.3) is 0 Å². The fourth-order valence-electron chi connectivity index (χ4n) is 3.17. The van der Waals surface area contributed by atoms with Crippen molar-refractivity contribution in [2.45, 2.75) is 37.9 Å². The first-order valence-electron chi connectivity index (χ1n) is 7.04. The number of halogens is 3. The first kappa shape index (κ1) is 15.2. The molecule has 0 spiro atoms. The normalized spacial score (nSPS) is 23.6. The second-order valence-corrected chi connectivity index (χ2v) is 5.47. The monoisotopic (exact) mass is 286 g/mol. The van der Waals surface area contributed by atoms with Crippen LogP contribution in [0.15, 0.2) is 24.3 Å². The summed E-state index contributed by atoms with van der Waals surface area (Å²) in [6.07, 6.45) is -0.241. The zero-order valence-corrected chi connectivity index (χ0v) is 11.7. The molecule has 1 aromatic rings. The summed E-state index contributed by atoms with van der Waals surface area (Å²) in [4.78, 5) is 1.78. The highest BCUT2D eigenvalue weighted by molar-refractivity contribution is 5.55. The SMILES string of the molecule is CN(c1ccccc1C(F)(F)F)C1CCCCC1CN. The summed E-state index contributed by atoms with van der Waals surface area (Å²) in [7, 11) is 1.75. The van der Waals surface area contributed by atoms with Gasteiger partial charge in [0.25, 0.3) is 0 Å². The number of benzene rings is 1. The Balaban J connectivity index is 2.31. The van der Waals surface area contributed by atoms with Gasteiger partial charge in [0.15, 0.2) is 0 Å². The maximum absolute atomic E-state index is 13.1. The van der Waals surface area contributed by atoms with Gasteiger partial charge in [-0.3, -0.25) is 0 Å². The lowest BCUT2D eigenvalue weighted by molar-refractivity contribution is -0.137. The van der Waals surface area contributed by atoms with Crippen LogP contribution in [0.4, 0.5) is 18.9 Å². The molecule has 1 saturated carbocycles. The van der Waals surface area contributed by atoms with Crippen LogP contribution in [0.5, 0.6) is 0 Å². The number of hydrogen-bond donors (Lipinski definition) is 1. The summed E-state index contributed by atoms with van der Waals surface area (Å²) < 4.78 is 39.3. The number of rotatable bonds is 3. The fourth-order valence-corrected chi connectivity index (χ4v) is 3.17. The maximum atomic E-state index is 13.1. The van der Waals surface area contributed by atoms with Crippen LogP contribution in [0.2, 0.25) is 0 Å². The standard InChI is InChI=1S/C15H21F3N2/c1-20(13-8-4-2-6-11(13)10-19)14-9-5-3-7-12(14)15(16,17)18/h3,5,7,9,11,13H,2,4,6,8,10,19H2,1H3. The molecule has 1 aliphatic carbocycles. The lowest BCUT2D eigenvalue weighted by atomic mass is 9.83. The van der Waals surface area contributed by atoms with E-state index in [9.17, 15) is 13.2 Å². The van der Waals surface area contributed by atoms with E-state index >= 15 is 0 Å². The Kier molecular flexibility index (Phi) is 4.58. The molecular weight excluding hydrogens is 265 g/mol. The lowest BCUT2D eigenvalue weighted by Crippen LogP contribution is -2.43. The molecule has 0 aromatic heterocycles. The smallest absolute Gasteiger partial charge is 0.371 e. The van der Waals surface area contributed by atoms with E-state index in [1.807, 2.05) is 0 Å². The minimum absolute atomic E-state index is 0.0947. The Hall–Kier alpha value is -1.23. The third-order valence-corrected chi connectivity index (χ3v) is 4.26. The average molecular weight is 286 g/mol. The van der Waals surface area contributed by atoms with Crippen LogP contribution >= 0.6 is 0 Å². The molecule has 2 nitrogen and oxygen atoms in total. The van der Waals surface area contributed by atoms with Crippen LogP contribution in [0.1, 0.15) is 31.2 Å². The maximum Gasteiger partial charge on any atom is 0.418 e. The van der Waals surface area contributed by atoms with Gasteiger partial charge in [0.05, 0.1) is 5.56 Å². The molecule has 1 aliphatic rings. The minimum atomic E-state index is -4.32. The van der Waals surface area contributed by atoms with Gasteiger partial charge in [0.1, 0.15) is 0 Å². The van der Waals surface area contributed by atoms with E-state index < -0.39 is 11.7 Å². The molecule has 1 aromatic carbocycles. The largest absolute Gasteiger partial charge is 0.418 e. The molecule has 5 heteroatoms. The number of nitrogens with two attached hydrogens (primary N) is 1. The number of hydrogen-bond acceptors (Lipinski definition) is 2. The van der Waals surface area contributed by atoms with Crippen molar-refractivity contribution >= 4 is 5.69 Å². The molecule has 20 heavy (non-hydrogen) atoms. The van der Waals surface area contributed by atoms with Crippen molar-refractivity contribution in [1.29, 1.82) is 0 Å².